The predicted octanol–water partition coefficient (Wildman–Crippen LogP) is 4.54. The van der Waals surface area contributed by atoms with E-state index in [4.69, 9.17) is 15.2 Å². The number of hydrogen-bond donors (Lipinski definition) is 1. The quantitative estimate of drug-likeness (QED) is 0.264. The number of imide groups is 1. The van der Waals surface area contributed by atoms with Crippen molar-refractivity contribution >= 4 is 45.9 Å². The van der Waals surface area contributed by atoms with Crippen molar-refractivity contribution in [2.45, 2.75) is 5.92 Å². The molecule has 0 saturated carbocycles. The Labute approximate surface area is 251 Å². The zero-order valence-electron chi connectivity index (χ0n) is 23.6. The molecule has 44 heavy (non-hydrogen) atoms. The van der Waals surface area contributed by atoms with Gasteiger partial charge in [0.15, 0.2) is 0 Å². The lowest BCUT2D eigenvalue weighted by atomic mass is 9.80. The number of hydrogen-bond acceptors (Lipinski definition) is 9. The summed E-state index contributed by atoms with van der Waals surface area (Å²) in [6.07, 6.45) is 0. The van der Waals surface area contributed by atoms with Gasteiger partial charge in [-0.15, -0.1) is 0 Å². The van der Waals surface area contributed by atoms with Crippen LogP contribution in [-0.4, -0.2) is 38.0 Å². The van der Waals surface area contributed by atoms with Gasteiger partial charge in [-0.3, -0.25) is 14.5 Å². The van der Waals surface area contributed by atoms with Crippen LogP contribution in [0.5, 0.6) is 0 Å². The normalized spacial score (nSPS) is 16.2. The third kappa shape index (κ3) is 4.10. The fraction of sp³-hybridized carbons (Fsp3) is 0.0882. The van der Waals surface area contributed by atoms with E-state index in [0.29, 0.717) is 22.0 Å². The molecular formula is C34H24N4O6. The molecule has 0 spiro atoms. The van der Waals surface area contributed by atoms with Crippen LogP contribution in [-0.2, 0) is 19.1 Å². The third-order valence-corrected chi connectivity index (χ3v) is 7.75. The van der Waals surface area contributed by atoms with E-state index < -0.39 is 29.7 Å². The number of anilines is 2. The van der Waals surface area contributed by atoms with Gasteiger partial charge in [0.2, 0.25) is 0 Å². The van der Waals surface area contributed by atoms with Crippen LogP contribution in [0, 0.1) is 11.3 Å². The van der Waals surface area contributed by atoms with Crippen molar-refractivity contribution in [3.05, 3.63) is 130 Å². The summed E-state index contributed by atoms with van der Waals surface area (Å²) >= 11 is 0. The fourth-order valence-corrected chi connectivity index (χ4v) is 5.85. The van der Waals surface area contributed by atoms with Gasteiger partial charge in [0, 0.05) is 21.9 Å². The van der Waals surface area contributed by atoms with Crippen LogP contribution in [0.15, 0.2) is 114 Å². The lowest BCUT2D eigenvalue weighted by Gasteiger charge is -2.37. The minimum atomic E-state index is -1.04. The van der Waals surface area contributed by atoms with Crippen LogP contribution in [0.1, 0.15) is 32.2 Å². The zero-order chi connectivity index (χ0) is 31.1. The third-order valence-electron chi connectivity index (χ3n) is 7.75. The summed E-state index contributed by atoms with van der Waals surface area (Å²) in [4.78, 5) is 56.8. The van der Waals surface area contributed by atoms with E-state index in [1.165, 1.54) is 18.1 Å². The Hall–Kier alpha value is -6.21. The van der Waals surface area contributed by atoms with Crippen molar-refractivity contribution < 1.29 is 28.7 Å². The monoisotopic (exact) mass is 584 g/mol. The van der Waals surface area contributed by atoms with Crippen LogP contribution < -0.4 is 15.5 Å². The number of carbonyl (C=O) groups is 4. The van der Waals surface area contributed by atoms with Crippen LogP contribution >= 0.6 is 0 Å². The number of benzene rings is 4. The Morgan fingerprint density at radius 1 is 0.773 bits per heavy atom. The van der Waals surface area contributed by atoms with Crippen molar-refractivity contribution in [3.8, 4) is 6.07 Å². The summed E-state index contributed by atoms with van der Waals surface area (Å²) in [6.45, 7) is 0. The molecule has 2 heterocycles. The molecule has 2 N–H and O–H groups in total. The second kappa shape index (κ2) is 10.9. The number of methoxy groups -OCH3 is 2. The molecule has 0 fully saturated rings. The summed E-state index contributed by atoms with van der Waals surface area (Å²) < 4.78 is 10.2. The number of carbonyl (C=O) groups excluding carboxylic acids is 4. The van der Waals surface area contributed by atoms with E-state index in [1.807, 2.05) is 0 Å². The Morgan fingerprint density at radius 2 is 1.39 bits per heavy atom. The van der Waals surface area contributed by atoms with E-state index in [2.05, 4.69) is 6.07 Å². The molecule has 1 atom stereocenters. The minimum Gasteiger partial charge on any atom is -0.466 e. The number of para-hydroxylation sites is 1. The summed E-state index contributed by atoms with van der Waals surface area (Å²) in [5.74, 6) is -4.00. The van der Waals surface area contributed by atoms with E-state index in [1.54, 1.807) is 84.9 Å². The van der Waals surface area contributed by atoms with E-state index in [-0.39, 0.29) is 39.5 Å². The van der Waals surface area contributed by atoms with Gasteiger partial charge in [0.1, 0.15) is 11.5 Å². The average Bonchev–Trinajstić information content (AvgIpc) is 3.06. The molecule has 2 amide bonds. The number of allylic oxidation sites excluding steroid dienone is 1. The van der Waals surface area contributed by atoms with Gasteiger partial charge in [0.25, 0.3) is 11.8 Å². The number of nitrogens with zero attached hydrogens (tertiary/aromatic N) is 3. The van der Waals surface area contributed by atoms with Crippen LogP contribution in [0.4, 0.5) is 11.4 Å². The van der Waals surface area contributed by atoms with Crippen LogP contribution in [0.2, 0.25) is 0 Å². The lowest BCUT2D eigenvalue weighted by molar-refractivity contribution is -0.139. The van der Waals surface area contributed by atoms with Gasteiger partial charge >= 0.3 is 11.9 Å². The number of rotatable bonds is 5. The molecule has 0 radical (unpaired) electrons. The number of nitrogens with two attached hydrogens (primary N) is 1. The highest BCUT2D eigenvalue weighted by atomic mass is 16.5. The molecule has 6 rings (SSSR count). The molecular weight excluding hydrogens is 560 g/mol. The fourth-order valence-electron chi connectivity index (χ4n) is 5.85. The molecule has 1 unspecified atom stereocenters. The SMILES string of the molecule is COC(=O)C1=C(C(=O)OC)N(c2ccc3c4c(cccc24)C(=O)N(c2ccccc2)C3=O)C(N)=C(C#N)C1c1ccccc1. The summed E-state index contributed by atoms with van der Waals surface area (Å²) in [7, 11) is 2.33. The first-order chi connectivity index (χ1) is 21.3. The molecule has 0 saturated heterocycles. The Balaban J connectivity index is 1.65. The first-order valence-electron chi connectivity index (χ1n) is 13.5. The number of ether oxygens (including phenoxy) is 2. The summed E-state index contributed by atoms with van der Waals surface area (Å²) in [5, 5.41) is 11.1. The molecule has 0 aromatic heterocycles. The Bertz CT molecular complexity index is 1970. The van der Waals surface area contributed by atoms with Gasteiger partial charge in [-0.05, 0) is 35.9 Å². The molecule has 10 nitrogen and oxygen atoms in total. The topological polar surface area (TPSA) is 143 Å². The molecule has 10 heteroatoms. The Morgan fingerprint density at radius 3 is 2.00 bits per heavy atom. The molecule has 216 valence electrons. The van der Waals surface area contributed by atoms with Gasteiger partial charge in [0.05, 0.1) is 48.7 Å². The molecule has 2 aliphatic rings. The highest BCUT2D eigenvalue weighted by molar-refractivity contribution is 6.36. The number of amides is 2. The zero-order valence-corrected chi connectivity index (χ0v) is 23.6. The highest BCUT2D eigenvalue weighted by Crippen LogP contribution is 2.46. The first-order valence-corrected chi connectivity index (χ1v) is 13.5. The second-order valence-corrected chi connectivity index (χ2v) is 9.98. The first kappa shape index (κ1) is 27.9. The van der Waals surface area contributed by atoms with Crippen molar-refractivity contribution in [3.63, 3.8) is 0 Å². The maximum absolute atomic E-state index is 13.7. The highest BCUT2D eigenvalue weighted by Gasteiger charge is 2.44. The molecule has 0 aliphatic carbocycles. The molecule has 0 bridgehead atoms. The van der Waals surface area contributed by atoms with Gasteiger partial charge in [-0.1, -0.05) is 60.7 Å². The largest absolute Gasteiger partial charge is 0.466 e. The second-order valence-electron chi connectivity index (χ2n) is 9.98. The van der Waals surface area contributed by atoms with Crippen molar-refractivity contribution in [2.24, 2.45) is 5.73 Å². The van der Waals surface area contributed by atoms with Crippen molar-refractivity contribution in [2.75, 3.05) is 24.0 Å². The van der Waals surface area contributed by atoms with Gasteiger partial charge in [-0.25, -0.2) is 14.5 Å². The number of nitriles is 1. The summed E-state index contributed by atoms with van der Waals surface area (Å²) in [5.41, 5.74) is 7.97. The number of esters is 2. The average molecular weight is 585 g/mol. The van der Waals surface area contributed by atoms with E-state index in [9.17, 15) is 24.4 Å². The predicted molar refractivity (Wildman–Crippen MR) is 161 cm³/mol. The van der Waals surface area contributed by atoms with E-state index >= 15 is 0 Å². The van der Waals surface area contributed by atoms with Crippen molar-refractivity contribution in [1.29, 1.82) is 5.26 Å². The van der Waals surface area contributed by atoms with Gasteiger partial charge < -0.3 is 15.2 Å². The van der Waals surface area contributed by atoms with Crippen LogP contribution in [0.25, 0.3) is 10.8 Å². The molecule has 2 aliphatic heterocycles. The summed E-state index contributed by atoms with van der Waals surface area (Å²) in [6, 6.07) is 27.4. The smallest absolute Gasteiger partial charge is 0.355 e. The maximum atomic E-state index is 13.7. The maximum Gasteiger partial charge on any atom is 0.355 e. The molecule has 4 aromatic rings. The van der Waals surface area contributed by atoms with Gasteiger partial charge in [-0.2, -0.15) is 5.26 Å². The molecule has 4 aromatic carbocycles. The van der Waals surface area contributed by atoms with Crippen molar-refractivity contribution in [1.82, 2.24) is 0 Å². The minimum absolute atomic E-state index is 0.00728. The van der Waals surface area contributed by atoms with Crippen LogP contribution in [0.3, 0.4) is 0 Å². The Kier molecular flexibility index (Phi) is 6.91. The van der Waals surface area contributed by atoms with E-state index in [0.717, 1.165) is 12.0 Å². The lowest BCUT2D eigenvalue weighted by Crippen LogP contribution is -2.42. The standard InChI is InChI=1S/C34H24N4O6/c1-43-33(41)28-26(19-10-5-3-6-11-19)24(18-35)30(36)38(29(28)34(42)44-2)25-17-16-23-27-21(25)14-9-15-22(27)31(39)37(32(23)40)20-12-7-4-8-13-20/h3-17,26H,36H2,1-2H3.